The van der Waals surface area contributed by atoms with Crippen LogP contribution >= 0.6 is 15.9 Å². The minimum Gasteiger partial charge on any atom is -0.497 e. The van der Waals surface area contributed by atoms with Gasteiger partial charge in [0.2, 0.25) is 10.0 Å². The van der Waals surface area contributed by atoms with E-state index in [1.165, 1.54) is 17.7 Å². The van der Waals surface area contributed by atoms with Crippen molar-refractivity contribution in [3.8, 4) is 5.75 Å². The lowest BCUT2D eigenvalue weighted by Crippen LogP contribution is -2.51. The maximum Gasteiger partial charge on any atom is 0.410 e. The Morgan fingerprint density at radius 2 is 1.79 bits per heavy atom. The van der Waals surface area contributed by atoms with E-state index in [9.17, 15) is 13.2 Å². The van der Waals surface area contributed by atoms with Gasteiger partial charge in [-0.25, -0.2) is 13.2 Å². The lowest BCUT2D eigenvalue weighted by molar-refractivity contribution is -0.0108. The minimum absolute atomic E-state index is 0.114. The second kappa shape index (κ2) is 11.4. The van der Waals surface area contributed by atoms with Gasteiger partial charge >= 0.3 is 6.09 Å². The van der Waals surface area contributed by atoms with Gasteiger partial charge in [-0.05, 0) is 56.7 Å². The fourth-order valence-corrected chi connectivity index (χ4v) is 6.50. The monoisotopic (exact) mass is 546 g/mol. The summed E-state index contributed by atoms with van der Waals surface area (Å²) >= 11 is 3.66. The van der Waals surface area contributed by atoms with Crippen molar-refractivity contribution in [2.24, 2.45) is 0 Å². The van der Waals surface area contributed by atoms with Crippen LogP contribution < -0.4 is 4.74 Å². The molecular weight excluding hydrogens is 512 g/mol. The summed E-state index contributed by atoms with van der Waals surface area (Å²) in [6.45, 7) is 2.41. The van der Waals surface area contributed by atoms with Crippen molar-refractivity contribution in [3.63, 3.8) is 0 Å². The summed E-state index contributed by atoms with van der Waals surface area (Å²) in [7, 11) is -0.622. The molecule has 33 heavy (non-hydrogen) atoms. The molecule has 0 bridgehead atoms. The molecule has 1 aliphatic carbocycles. The van der Waals surface area contributed by atoms with Gasteiger partial charge in [-0.3, -0.25) is 4.90 Å². The van der Waals surface area contributed by atoms with Crippen molar-refractivity contribution in [1.82, 2.24) is 9.21 Å². The van der Waals surface area contributed by atoms with Crippen LogP contribution in [0, 0.1) is 0 Å². The zero-order valence-electron chi connectivity index (χ0n) is 19.8. The Bertz CT molecular complexity index is 889. The summed E-state index contributed by atoms with van der Waals surface area (Å²) < 4.78 is 43.8. The first-order valence-corrected chi connectivity index (χ1v) is 14.1. The summed E-state index contributed by atoms with van der Waals surface area (Å²) in [4.78, 5) is 14.8. The predicted molar refractivity (Wildman–Crippen MR) is 130 cm³/mol. The molecule has 0 aromatic heterocycles. The zero-order valence-corrected chi connectivity index (χ0v) is 22.2. The molecule has 3 atom stereocenters. The average Bonchev–Trinajstić information content (AvgIpc) is 3.11. The third kappa shape index (κ3) is 6.61. The Kier molecular flexibility index (Phi) is 9.05. The van der Waals surface area contributed by atoms with Gasteiger partial charge in [0.1, 0.15) is 5.75 Å². The van der Waals surface area contributed by atoms with Crippen LogP contribution in [0.5, 0.6) is 5.75 Å². The number of hydrogen-bond donors (Lipinski definition) is 0. The van der Waals surface area contributed by atoms with Crippen molar-refractivity contribution in [1.29, 1.82) is 0 Å². The van der Waals surface area contributed by atoms with E-state index < -0.39 is 28.2 Å². The number of carbonyl (C=O) groups excluding carboxylic acids is 1. The van der Waals surface area contributed by atoms with Crippen molar-refractivity contribution in [2.75, 3.05) is 27.1 Å². The molecule has 3 rings (SSSR count). The highest BCUT2D eigenvalue weighted by Crippen LogP contribution is 2.33. The van der Waals surface area contributed by atoms with Crippen molar-refractivity contribution >= 4 is 32.0 Å². The van der Waals surface area contributed by atoms with Crippen molar-refractivity contribution in [2.45, 2.75) is 74.6 Å². The van der Waals surface area contributed by atoms with Gasteiger partial charge in [-0.2, -0.15) is 4.31 Å². The number of ether oxygens (including phenoxy) is 3. The van der Waals surface area contributed by atoms with Crippen LogP contribution in [0.3, 0.4) is 0 Å². The number of nitrogens with zero attached hydrogens (tertiary/aromatic N) is 2. The molecule has 1 amide bonds. The van der Waals surface area contributed by atoms with Gasteiger partial charge < -0.3 is 14.2 Å². The number of alkyl halides is 1. The van der Waals surface area contributed by atoms with E-state index in [4.69, 9.17) is 14.2 Å². The number of likely N-dealkylation sites (tertiary alicyclic amines) is 1. The maximum atomic E-state index is 12.9. The quantitative estimate of drug-likeness (QED) is 0.461. The number of rotatable bonds is 8. The van der Waals surface area contributed by atoms with E-state index in [2.05, 4.69) is 15.9 Å². The minimum atomic E-state index is -3.56. The molecule has 1 saturated heterocycles. The normalized spacial score (nSPS) is 28.2. The molecule has 186 valence electrons. The lowest BCUT2D eigenvalue weighted by Gasteiger charge is -2.35. The first kappa shape index (κ1) is 26.2. The molecule has 0 radical (unpaired) electrons. The number of carbonyl (C=O) groups is 1. The highest BCUT2D eigenvalue weighted by Gasteiger charge is 2.47. The Morgan fingerprint density at radius 1 is 1.15 bits per heavy atom. The van der Waals surface area contributed by atoms with Gasteiger partial charge in [0.15, 0.2) is 0 Å². The molecule has 1 heterocycles. The smallest absolute Gasteiger partial charge is 0.410 e. The van der Waals surface area contributed by atoms with Crippen LogP contribution in [-0.4, -0.2) is 79.9 Å². The topological polar surface area (TPSA) is 85.4 Å². The number of halogens is 1. The summed E-state index contributed by atoms with van der Waals surface area (Å²) in [6, 6.07) is 6.33. The average molecular weight is 548 g/mol. The Morgan fingerprint density at radius 3 is 2.33 bits per heavy atom. The standard InChI is InChI=1S/C23H35BrN2O6S/c1-16-13-21(25(33(4,28)29)14-17-5-9-19(30-2)10-6-17)22(26(16)23(27)31-3)15-32-20-11-7-18(24)8-12-20/h5-6,9-10,16,18,20-22H,7-8,11-15H2,1-4H3/t16-,18?,20?,21+,22+/m1/s1. The number of benzene rings is 1. The molecule has 0 spiro atoms. The van der Waals surface area contributed by atoms with Gasteiger partial charge in [-0.15, -0.1) is 0 Å². The van der Waals surface area contributed by atoms with E-state index in [1.54, 1.807) is 12.0 Å². The predicted octanol–water partition coefficient (Wildman–Crippen LogP) is 3.78. The fourth-order valence-electron chi connectivity index (χ4n) is 4.87. The SMILES string of the molecule is COC(=O)N1[C@H](C)C[C@H](N(Cc2ccc(OC)cc2)S(C)(=O)=O)[C@@H]1COC1CCC(Br)CC1. The number of amides is 1. The summed E-state index contributed by atoms with van der Waals surface area (Å²) in [5, 5.41) is 0. The van der Waals surface area contributed by atoms with Crippen LogP contribution in [0.15, 0.2) is 24.3 Å². The van der Waals surface area contributed by atoms with Gasteiger partial charge in [0, 0.05) is 23.5 Å². The van der Waals surface area contributed by atoms with E-state index in [1.807, 2.05) is 31.2 Å². The largest absolute Gasteiger partial charge is 0.497 e. The Labute approximate surface area is 205 Å². The molecule has 1 saturated carbocycles. The van der Waals surface area contributed by atoms with Crippen LogP contribution in [0.1, 0.15) is 44.6 Å². The highest BCUT2D eigenvalue weighted by molar-refractivity contribution is 9.09. The first-order chi connectivity index (χ1) is 15.6. The van der Waals surface area contributed by atoms with Crippen LogP contribution in [-0.2, 0) is 26.0 Å². The highest BCUT2D eigenvalue weighted by atomic mass is 79.9. The molecule has 0 unspecified atom stereocenters. The van der Waals surface area contributed by atoms with Gasteiger partial charge in [0.25, 0.3) is 0 Å². The van der Waals surface area contributed by atoms with Gasteiger partial charge in [-0.1, -0.05) is 28.1 Å². The van der Waals surface area contributed by atoms with Crippen LogP contribution in [0.25, 0.3) is 0 Å². The molecule has 1 aliphatic heterocycles. The number of methoxy groups -OCH3 is 2. The Balaban J connectivity index is 1.84. The summed E-state index contributed by atoms with van der Waals surface area (Å²) in [6.07, 6.45) is 5.37. The number of hydrogen-bond acceptors (Lipinski definition) is 6. The van der Waals surface area contributed by atoms with Crippen molar-refractivity contribution < 1.29 is 27.4 Å². The first-order valence-electron chi connectivity index (χ1n) is 11.4. The molecule has 1 aromatic carbocycles. The van der Waals surface area contributed by atoms with Crippen molar-refractivity contribution in [3.05, 3.63) is 29.8 Å². The molecule has 2 fully saturated rings. The van der Waals surface area contributed by atoms with E-state index in [-0.39, 0.29) is 25.3 Å². The Hall–Kier alpha value is -1.36. The summed E-state index contributed by atoms with van der Waals surface area (Å²) in [5.74, 6) is 0.709. The molecule has 8 nitrogen and oxygen atoms in total. The van der Waals surface area contributed by atoms with E-state index >= 15 is 0 Å². The second-order valence-corrected chi connectivity index (χ2v) is 12.2. The zero-order chi connectivity index (χ0) is 24.2. The van der Waals surface area contributed by atoms with E-state index in [0.717, 1.165) is 31.2 Å². The van der Waals surface area contributed by atoms with Crippen LogP contribution in [0.4, 0.5) is 4.79 Å². The molecule has 0 N–H and O–H groups in total. The molecule has 1 aromatic rings. The second-order valence-electron chi connectivity index (χ2n) is 8.96. The molecule has 10 heteroatoms. The van der Waals surface area contributed by atoms with E-state index in [0.29, 0.717) is 17.0 Å². The van der Waals surface area contributed by atoms with Gasteiger partial charge in [0.05, 0.1) is 39.2 Å². The third-order valence-electron chi connectivity index (χ3n) is 6.64. The maximum absolute atomic E-state index is 12.9. The summed E-state index contributed by atoms with van der Waals surface area (Å²) in [5.41, 5.74) is 0.848. The lowest BCUT2D eigenvalue weighted by atomic mass is 9.97. The molecular formula is C23H35BrN2O6S. The fraction of sp³-hybridized carbons (Fsp3) is 0.696. The molecule has 2 aliphatic rings. The third-order valence-corrected chi connectivity index (χ3v) is 8.81. The van der Waals surface area contributed by atoms with Crippen LogP contribution in [0.2, 0.25) is 0 Å². The number of sulfonamides is 1.